The van der Waals surface area contributed by atoms with E-state index in [1.165, 1.54) is 12.0 Å². The molecule has 1 aliphatic rings. The van der Waals surface area contributed by atoms with Gasteiger partial charge < -0.3 is 9.47 Å². The molecule has 0 aromatic rings. The summed E-state index contributed by atoms with van der Waals surface area (Å²) in [5.74, 6) is 0.00248. The van der Waals surface area contributed by atoms with Gasteiger partial charge in [0.1, 0.15) is 6.04 Å². The number of rotatable bonds is 4. The second-order valence-corrected chi connectivity index (χ2v) is 4.32. The largest absolute Gasteiger partial charge is 0.467 e. The monoisotopic (exact) mass is 243 g/mol. The molecule has 1 saturated heterocycles. The molecule has 0 aromatic heterocycles. The Morgan fingerprint density at radius 1 is 1.35 bits per heavy atom. The maximum absolute atomic E-state index is 11.8. The van der Waals surface area contributed by atoms with Crippen molar-refractivity contribution in [1.82, 2.24) is 4.90 Å². The van der Waals surface area contributed by atoms with Crippen molar-refractivity contribution >= 4 is 12.1 Å². The Balaban J connectivity index is 2.65. The summed E-state index contributed by atoms with van der Waals surface area (Å²) in [6, 6.07) is -0.477. The Bertz CT molecular complexity index is 280. The van der Waals surface area contributed by atoms with Gasteiger partial charge in [0.2, 0.25) is 0 Å². The summed E-state index contributed by atoms with van der Waals surface area (Å²) < 4.78 is 9.80. The van der Waals surface area contributed by atoms with Gasteiger partial charge in [-0.15, -0.1) is 0 Å². The molecule has 0 N–H and O–H groups in total. The minimum Gasteiger partial charge on any atom is -0.467 e. The molecule has 0 aliphatic carbocycles. The molecule has 1 amide bonds. The number of esters is 1. The fourth-order valence-corrected chi connectivity index (χ4v) is 2.05. The zero-order valence-corrected chi connectivity index (χ0v) is 10.8. The molecule has 0 bridgehead atoms. The zero-order chi connectivity index (χ0) is 12.8. The lowest BCUT2D eigenvalue weighted by Crippen LogP contribution is -2.41. The van der Waals surface area contributed by atoms with Crippen LogP contribution in [0.5, 0.6) is 0 Å². The van der Waals surface area contributed by atoms with Crippen LogP contribution < -0.4 is 0 Å². The molecule has 0 spiro atoms. The zero-order valence-electron chi connectivity index (χ0n) is 10.8. The lowest BCUT2D eigenvalue weighted by molar-refractivity contribution is -0.145. The highest BCUT2D eigenvalue weighted by atomic mass is 16.6. The second-order valence-electron chi connectivity index (χ2n) is 4.32. The van der Waals surface area contributed by atoms with Gasteiger partial charge in [0.25, 0.3) is 0 Å². The summed E-state index contributed by atoms with van der Waals surface area (Å²) in [6.07, 6.45) is 1.99. The molecule has 1 heterocycles. The van der Waals surface area contributed by atoms with Crippen LogP contribution in [-0.4, -0.2) is 43.3 Å². The van der Waals surface area contributed by atoms with Crippen molar-refractivity contribution in [3.63, 3.8) is 0 Å². The van der Waals surface area contributed by atoms with Gasteiger partial charge in [0.15, 0.2) is 0 Å². The van der Waals surface area contributed by atoms with Crippen LogP contribution in [0.4, 0.5) is 4.79 Å². The number of likely N-dealkylation sites (tertiary alicyclic amines) is 1. The van der Waals surface area contributed by atoms with Crippen molar-refractivity contribution in [2.45, 2.75) is 39.2 Å². The van der Waals surface area contributed by atoms with E-state index in [0.717, 1.165) is 12.8 Å². The van der Waals surface area contributed by atoms with Crippen LogP contribution in [0.3, 0.4) is 0 Å². The maximum atomic E-state index is 11.8. The van der Waals surface area contributed by atoms with Crippen molar-refractivity contribution < 1.29 is 19.1 Å². The average molecular weight is 243 g/mol. The van der Waals surface area contributed by atoms with E-state index in [4.69, 9.17) is 9.47 Å². The molecule has 0 aromatic carbocycles. The molecule has 2 atom stereocenters. The minimum absolute atomic E-state index is 0.352. The predicted molar refractivity (Wildman–Crippen MR) is 62.5 cm³/mol. The first kappa shape index (κ1) is 13.8. The van der Waals surface area contributed by atoms with Gasteiger partial charge in [0.05, 0.1) is 13.7 Å². The molecular formula is C12H21NO4. The Kier molecular flexibility index (Phi) is 5.25. The third-order valence-corrected chi connectivity index (χ3v) is 3.10. The summed E-state index contributed by atoms with van der Waals surface area (Å²) in [4.78, 5) is 24.9. The Morgan fingerprint density at radius 2 is 2.06 bits per heavy atom. The van der Waals surface area contributed by atoms with Crippen molar-refractivity contribution in [3.05, 3.63) is 0 Å². The van der Waals surface area contributed by atoms with Gasteiger partial charge >= 0.3 is 12.1 Å². The van der Waals surface area contributed by atoms with Gasteiger partial charge in [0, 0.05) is 6.54 Å². The van der Waals surface area contributed by atoms with Crippen LogP contribution in [0.1, 0.15) is 33.1 Å². The van der Waals surface area contributed by atoms with E-state index in [1.807, 2.05) is 6.92 Å². The predicted octanol–water partition coefficient (Wildman–Crippen LogP) is 1.81. The van der Waals surface area contributed by atoms with Crippen molar-refractivity contribution in [3.8, 4) is 0 Å². The maximum Gasteiger partial charge on any atom is 0.410 e. The highest BCUT2D eigenvalue weighted by molar-refractivity contribution is 5.82. The van der Waals surface area contributed by atoms with Crippen LogP contribution in [0, 0.1) is 5.92 Å². The summed E-state index contributed by atoms with van der Waals surface area (Å²) in [5, 5.41) is 0. The third-order valence-electron chi connectivity index (χ3n) is 3.10. The Morgan fingerprint density at radius 3 is 2.59 bits per heavy atom. The van der Waals surface area contributed by atoms with E-state index in [1.54, 1.807) is 0 Å². The van der Waals surface area contributed by atoms with Crippen LogP contribution in [0.15, 0.2) is 0 Å². The van der Waals surface area contributed by atoms with E-state index < -0.39 is 12.1 Å². The van der Waals surface area contributed by atoms with Crippen molar-refractivity contribution in [2.24, 2.45) is 5.92 Å². The van der Waals surface area contributed by atoms with Crippen molar-refractivity contribution in [2.75, 3.05) is 20.3 Å². The van der Waals surface area contributed by atoms with E-state index >= 15 is 0 Å². The molecular weight excluding hydrogens is 222 g/mol. The topological polar surface area (TPSA) is 55.8 Å². The van der Waals surface area contributed by atoms with E-state index in [-0.39, 0.29) is 5.97 Å². The van der Waals surface area contributed by atoms with Gasteiger partial charge in [-0.25, -0.2) is 9.59 Å². The van der Waals surface area contributed by atoms with Crippen LogP contribution in [-0.2, 0) is 14.3 Å². The highest BCUT2D eigenvalue weighted by Gasteiger charge is 2.40. The molecule has 5 nitrogen and oxygen atoms in total. The lowest BCUT2D eigenvalue weighted by atomic mass is 10.0. The van der Waals surface area contributed by atoms with E-state index in [2.05, 4.69) is 6.92 Å². The molecule has 5 heteroatoms. The van der Waals surface area contributed by atoms with E-state index in [0.29, 0.717) is 25.5 Å². The van der Waals surface area contributed by atoms with Crippen LogP contribution in [0.25, 0.3) is 0 Å². The molecule has 1 aliphatic heterocycles. The summed E-state index contributed by atoms with van der Waals surface area (Å²) in [5.41, 5.74) is 0. The smallest absolute Gasteiger partial charge is 0.410 e. The Hall–Kier alpha value is -1.26. The van der Waals surface area contributed by atoms with Gasteiger partial charge in [-0.05, 0) is 18.8 Å². The first-order chi connectivity index (χ1) is 8.13. The standard InChI is InChI=1S/C12H21NO4/c1-4-6-17-12(15)13-8-9(5-2)7-10(13)11(14)16-3/h9-10H,4-8H2,1-3H3. The van der Waals surface area contributed by atoms with Crippen LogP contribution >= 0.6 is 0 Å². The SMILES string of the molecule is CCCOC(=O)N1CC(CC)CC1C(=O)OC. The third kappa shape index (κ3) is 3.35. The summed E-state index contributed by atoms with van der Waals surface area (Å²) in [7, 11) is 1.34. The molecule has 0 saturated carbocycles. The summed E-state index contributed by atoms with van der Waals surface area (Å²) in [6.45, 7) is 4.96. The van der Waals surface area contributed by atoms with Gasteiger partial charge in [-0.3, -0.25) is 4.90 Å². The number of methoxy groups -OCH3 is 1. The number of amides is 1. The number of hydrogen-bond acceptors (Lipinski definition) is 4. The van der Waals surface area contributed by atoms with E-state index in [9.17, 15) is 9.59 Å². The number of ether oxygens (including phenoxy) is 2. The number of nitrogens with zero attached hydrogens (tertiary/aromatic N) is 1. The molecule has 0 radical (unpaired) electrons. The normalized spacial score (nSPS) is 23.6. The minimum atomic E-state index is -0.477. The Labute approximate surface area is 102 Å². The molecule has 17 heavy (non-hydrogen) atoms. The first-order valence-corrected chi connectivity index (χ1v) is 6.15. The van der Waals surface area contributed by atoms with Gasteiger partial charge in [-0.2, -0.15) is 0 Å². The molecule has 1 rings (SSSR count). The lowest BCUT2D eigenvalue weighted by Gasteiger charge is -2.21. The quantitative estimate of drug-likeness (QED) is 0.706. The molecule has 98 valence electrons. The number of hydrogen-bond donors (Lipinski definition) is 0. The van der Waals surface area contributed by atoms with Crippen LogP contribution in [0.2, 0.25) is 0 Å². The summed E-state index contributed by atoms with van der Waals surface area (Å²) >= 11 is 0. The van der Waals surface area contributed by atoms with Gasteiger partial charge in [-0.1, -0.05) is 20.3 Å². The fourth-order valence-electron chi connectivity index (χ4n) is 2.05. The molecule has 1 fully saturated rings. The number of carbonyl (C=O) groups excluding carboxylic acids is 2. The number of carbonyl (C=O) groups is 2. The first-order valence-electron chi connectivity index (χ1n) is 6.15. The average Bonchev–Trinajstić information content (AvgIpc) is 2.79. The highest BCUT2D eigenvalue weighted by Crippen LogP contribution is 2.27. The van der Waals surface area contributed by atoms with Crippen molar-refractivity contribution in [1.29, 1.82) is 0 Å². The fraction of sp³-hybridized carbons (Fsp3) is 0.833. The molecule has 2 unspecified atom stereocenters. The second kappa shape index (κ2) is 6.47.